The first kappa shape index (κ1) is 10.7. The molecule has 1 aromatic carbocycles. The van der Waals surface area contributed by atoms with Gasteiger partial charge in [0.15, 0.2) is 0 Å². The molecular weight excluding hydrogens is 198 g/mol. The molecule has 82 valence electrons. The summed E-state index contributed by atoms with van der Waals surface area (Å²) in [5.41, 5.74) is 4.15. The fourth-order valence-electron chi connectivity index (χ4n) is 1.82. The van der Waals surface area contributed by atoms with Crippen molar-refractivity contribution < 1.29 is 4.74 Å². The Labute approximate surface area is 95.9 Å². The van der Waals surface area contributed by atoms with Crippen LogP contribution >= 0.6 is 0 Å². The molecule has 0 radical (unpaired) electrons. The number of nitrogens with zero attached hydrogens (tertiary/aromatic N) is 1. The lowest BCUT2D eigenvalue weighted by Gasteiger charge is -2.10. The number of para-hydroxylation sites is 1. The summed E-state index contributed by atoms with van der Waals surface area (Å²) in [4.78, 5) is 4.51. The SMILES string of the molecule is COc1c(C)cccc1-c1cccc(C)n1. The standard InChI is InChI=1S/C14H15NO/c1-10-6-4-8-12(14(10)16-3)13-9-5-7-11(2)15-13/h4-9H,1-3H3. The maximum atomic E-state index is 5.43. The highest BCUT2D eigenvalue weighted by atomic mass is 16.5. The van der Waals surface area contributed by atoms with Crippen LogP contribution in [0.4, 0.5) is 0 Å². The van der Waals surface area contributed by atoms with Crippen LogP contribution in [-0.4, -0.2) is 12.1 Å². The molecule has 0 amide bonds. The maximum Gasteiger partial charge on any atom is 0.131 e. The predicted octanol–water partition coefficient (Wildman–Crippen LogP) is 3.37. The third-order valence-electron chi connectivity index (χ3n) is 2.58. The molecule has 0 aliphatic heterocycles. The third kappa shape index (κ3) is 1.91. The van der Waals surface area contributed by atoms with Crippen LogP contribution in [0.15, 0.2) is 36.4 Å². The molecule has 0 saturated carbocycles. The quantitative estimate of drug-likeness (QED) is 0.763. The maximum absolute atomic E-state index is 5.43. The van der Waals surface area contributed by atoms with Crippen LogP contribution in [0.1, 0.15) is 11.3 Å². The van der Waals surface area contributed by atoms with Crippen LogP contribution in [0, 0.1) is 13.8 Å². The highest BCUT2D eigenvalue weighted by Crippen LogP contribution is 2.31. The van der Waals surface area contributed by atoms with Gasteiger partial charge in [0.25, 0.3) is 0 Å². The van der Waals surface area contributed by atoms with E-state index >= 15 is 0 Å². The van der Waals surface area contributed by atoms with Gasteiger partial charge in [-0.15, -0.1) is 0 Å². The van der Waals surface area contributed by atoms with Crippen LogP contribution in [-0.2, 0) is 0 Å². The molecule has 2 nitrogen and oxygen atoms in total. The van der Waals surface area contributed by atoms with Crippen LogP contribution in [0.2, 0.25) is 0 Å². The number of methoxy groups -OCH3 is 1. The Bertz CT molecular complexity index is 506. The Morgan fingerprint density at radius 1 is 1.00 bits per heavy atom. The third-order valence-corrected chi connectivity index (χ3v) is 2.58. The van der Waals surface area contributed by atoms with Crippen molar-refractivity contribution in [3.63, 3.8) is 0 Å². The van der Waals surface area contributed by atoms with Crippen molar-refractivity contribution in [2.24, 2.45) is 0 Å². The summed E-state index contributed by atoms with van der Waals surface area (Å²) >= 11 is 0. The molecular formula is C14H15NO. The van der Waals surface area contributed by atoms with Crippen molar-refractivity contribution in [3.8, 4) is 17.0 Å². The Kier molecular flexibility index (Phi) is 2.91. The fraction of sp³-hybridized carbons (Fsp3) is 0.214. The molecule has 2 aromatic rings. The molecule has 0 saturated heterocycles. The van der Waals surface area contributed by atoms with E-state index in [0.29, 0.717) is 0 Å². The summed E-state index contributed by atoms with van der Waals surface area (Å²) in [5.74, 6) is 0.903. The van der Waals surface area contributed by atoms with E-state index in [1.807, 2.05) is 50.2 Å². The molecule has 1 aromatic heterocycles. The first-order valence-electron chi connectivity index (χ1n) is 5.30. The molecule has 2 rings (SSSR count). The molecule has 0 fully saturated rings. The highest BCUT2D eigenvalue weighted by Gasteiger charge is 2.08. The van der Waals surface area contributed by atoms with E-state index in [1.165, 1.54) is 0 Å². The molecule has 16 heavy (non-hydrogen) atoms. The summed E-state index contributed by atoms with van der Waals surface area (Å²) in [6.07, 6.45) is 0. The van der Waals surface area contributed by atoms with Gasteiger partial charge in [-0.25, -0.2) is 0 Å². The summed E-state index contributed by atoms with van der Waals surface area (Å²) in [7, 11) is 1.70. The van der Waals surface area contributed by atoms with Gasteiger partial charge >= 0.3 is 0 Å². The average Bonchev–Trinajstić information content (AvgIpc) is 2.28. The molecule has 0 aliphatic rings. The van der Waals surface area contributed by atoms with Crippen molar-refractivity contribution in [2.45, 2.75) is 13.8 Å². The predicted molar refractivity (Wildman–Crippen MR) is 65.7 cm³/mol. The molecule has 2 heteroatoms. The van der Waals surface area contributed by atoms with Crippen molar-refractivity contribution in [3.05, 3.63) is 47.7 Å². The number of aryl methyl sites for hydroxylation is 2. The van der Waals surface area contributed by atoms with Crippen molar-refractivity contribution in [2.75, 3.05) is 7.11 Å². The van der Waals surface area contributed by atoms with Gasteiger partial charge in [-0.3, -0.25) is 4.98 Å². The number of ether oxygens (including phenoxy) is 1. The van der Waals surface area contributed by atoms with Crippen LogP contribution in [0.3, 0.4) is 0 Å². The van der Waals surface area contributed by atoms with Gasteiger partial charge < -0.3 is 4.74 Å². The van der Waals surface area contributed by atoms with Crippen molar-refractivity contribution >= 4 is 0 Å². The molecule has 1 heterocycles. The van der Waals surface area contributed by atoms with E-state index in [0.717, 1.165) is 28.3 Å². The molecule has 0 N–H and O–H groups in total. The topological polar surface area (TPSA) is 22.1 Å². The van der Waals surface area contributed by atoms with Crippen molar-refractivity contribution in [1.29, 1.82) is 0 Å². The number of benzene rings is 1. The molecule has 0 aliphatic carbocycles. The Hall–Kier alpha value is -1.83. The van der Waals surface area contributed by atoms with Gasteiger partial charge in [-0.05, 0) is 37.6 Å². The number of pyridine rings is 1. The van der Waals surface area contributed by atoms with Gasteiger partial charge in [0, 0.05) is 11.3 Å². The van der Waals surface area contributed by atoms with E-state index in [9.17, 15) is 0 Å². The van der Waals surface area contributed by atoms with Crippen LogP contribution < -0.4 is 4.74 Å². The molecule has 0 bridgehead atoms. The van der Waals surface area contributed by atoms with Gasteiger partial charge in [0.2, 0.25) is 0 Å². The van der Waals surface area contributed by atoms with Gasteiger partial charge in [-0.2, -0.15) is 0 Å². The minimum absolute atomic E-state index is 0.903. The number of hydrogen-bond donors (Lipinski definition) is 0. The fourth-order valence-corrected chi connectivity index (χ4v) is 1.82. The van der Waals surface area contributed by atoms with E-state index in [4.69, 9.17) is 4.74 Å². The number of rotatable bonds is 2. The van der Waals surface area contributed by atoms with E-state index in [1.54, 1.807) is 7.11 Å². The van der Waals surface area contributed by atoms with Gasteiger partial charge in [-0.1, -0.05) is 18.2 Å². The second-order valence-electron chi connectivity index (χ2n) is 3.82. The Balaban J connectivity index is 2.60. The van der Waals surface area contributed by atoms with Crippen LogP contribution in [0.5, 0.6) is 5.75 Å². The van der Waals surface area contributed by atoms with E-state index in [-0.39, 0.29) is 0 Å². The first-order chi connectivity index (χ1) is 7.72. The average molecular weight is 213 g/mol. The molecule has 0 spiro atoms. The van der Waals surface area contributed by atoms with Crippen molar-refractivity contribution in [1.82, 2.24) is 4.98 Å². The van der Waals surface area contributed by atoms with Gasteiger partial charge in [0.05, 0.1) is 12.8 Å². The van der Waals surface area contributed by atoms with Gasteiger partial charge in [0.1, 0.15) is 5.75 Å². The largest absolute Gasteiger partial charge is 0.496 e. The lowest BCUT2D eigenvalue weighted by Crippen LogP contribution is -1.93. The first-order valence-corrected chi connectivity index (χ1v) is 5.30. The van der Waals surface area contributed by atoms with Crippen LogP contribution in [0.25, 0.3) is 11.3 Å². The minimum Gasteiger partial charge on any atom is -0.496 e. The van der Waals surface area contributed by atoms with E-state index < -0.39 is 0 Å². The number of aromatic nitrogens is 1. The summed E-state index contributed by atoms with van der Waals surface area (Å²) < 4.78 is 5.43. The Morgan fingerprint density at radius 2 is 1.75 bits per heavy atom. The zero-order valence-corrected chi connectivity index (χ0v) is 9.82. The summed E-state index contributed by atoms with van der Waals surface area (Å²) in [5, 5.41) is 0. The molecule has 0 unspecified atom stereocenters. The zero-order valence-electron chi connectivity index (χ0n) is 9.82. The number of hydrogen-bond acceptors (Lipinski definition) is 2. The van der Waals surface area contributed by atoms with E-state index in [2.05, 4.69) is 4.98 Å². The highest BCUT2D eigenvalue weighted by molar-refractivity contribution is 5.69. The Morgan fingerprint density at radius 3 is 2.44 bits per heavy atom. The lowest BCUT2D eigenvalue weighted by atomic mass is 10.1. The second kappa shape index (κ2) is 4.35. The normalized spacial score (nSPS) is 10.2. The second-order valence-corrected chi connectivity index (χ2v) is 3.82. The summed E-state index contributed by atoms with van der Waals surface area (Å²) in [6, 6.07) is 12.1. The smallest absolute Gasteiger partial charge is 0.131 e. The zero-order chi connectivity index (χ0) is 11.5. The lowest BCUT2D eigenvalue weighted by molar-refractivity contribution is 0.413. The minimum atomic E-state index is 0.903. The molecule has 0 atom stereocenters. The summed E-state index contributed by atoms with van der Waals surface area (Å²) in [6.45, 7) is 4.03. The monoisotopic (exact) mass is 213 g/mol.